The van der Waals surface area contributed by atoms with Crippen LogP contribution in [-0.2, 0) is 11.8 Å². The second-order valence-corrected chi connectivity index (χ2v) is 14.4. The Bertz CT molecular complexity index is 1560. The van der Waals surface area contributed by atoms with Crippen molar-refractivity contribution in [2.45, 2.75) is 95.4 Å². The second kappa shape index (κ2) is 10.6. The van der Waals surface area contributed by atoms with Crippen LogP contribution in [0.1, 0.15) is 76.7 Å². The Morgan fingerprint density at radius 3 is 2.64 bits per heavy atom. The molecule has 3 aromatic heterocycles. The molecule has 7 rings (SSSR count). The highest BCUT2D eigenvalue weighted by molar-refractivity contribution is 5.86. The minimum atomic E-state index is -0.609. The fraction of sp³-hybridized carbons (Fsp3) is 0.606. The number of aryl methyl sites for hydroxylation is 1. The third kappa shape index (κ3) is 5.31. The van der Waals surface area contributed by atoms with E-state index in [-0.39, 0.29) is 23.4 Å². The third-order valence-corrected chi connectivity index (χ3v) is 10.3. The van der Waals surface area contributed by atoms with E-state index in [0.29, 0.717) is 11.9 Å². The van der Waals surface area contributed by atoms with E-state index in [1.54, 1.807) is 0 Å². The number of anilines is 1. The van der Waals surface area contributed by atoms with E-state index in [1.165, 1.54) is 44.0 Å². The van der Waals surface area contributed by atoms with Crippen molar-refractivity contribution in [2.24, 2.45) is 23.5 Å². The van der Waals surface area contributed by atoms with Crippen LogP contribution in [0.25, 0.3) is 22.1 Å². The monoisotopic (exact) mass is 570 g/mol. The Morgan fingerprint density at radius 1 is 1.07 bits per heavy atom. The van der Waals surface area contributed by atoms with E-state index in [9.17, 15) is 5.11 Å². The smallest absolute Gasteiger partial charge is 0.145 e. The second-order valence-electron chi connectivity index (χ2n) is 14.4. The lowest BCUT2D eigenvalue weighted by atomic mass is 9.76. The van der Waals surface area contributed by atoms with E-state index in [2.05, 4.69) is 63.4 Å². The number of hydrogen-bond donors (Lipinski definition) is 4. The maximum atomic E-state index is 11.2. The molecule has 9 nitrogen and oxygen atoms in total. The molecule has 3 saturated carbocycles. The number of aliphatic hydroxyl groups excluding tert-OH is 1. The van der Waals surface area contributed by atoms with Crippen LogP contribution in [0.4, 0.5) is 5.82 Å². The molecule has 4 atom stereocenters. The van der Waals surface area contributed by atoms with Gasteiger partial charge in [0.05, 0.1) is 28.6 Å². The van der Waals surface area contributed by atoms with Gasteiger partial charge in [-0.3, -0.25) is 4.90 Å². The van der Waals surface area contributed by atoms with Gasteiger partial charge in [0.25, 0.3) is 0 Å². The van der Waals surface area contributed by atoms with E-state index in [4.69, 9.17) is 16.5 Å². The summed E-state index contributed by atoms with van der Waals surface area (Å²) in [6, 6.07) is 8.83. The highest BCUT2D eigenvalue weighted by atomic mass is 16.3. The molecule has 0 bridgehead atoms. The Kier molecular flexibility index (Phi) is 7.02. The molecule has 0 spiro atoms. The molecule has 3 heterocycles. The molecule has 1 aromatic carbocycles. The SMILES string of the molecule is CC(C)(C)c1ccc2nc(CCC3CC(N(CC4CC4)C[C@H]4C[C@@H](n5ccc6c(N)ncnc65)[C@H](O)[C@@H]4N)C3)[nH]c2c1. The molecule has 224 valence electrons. The van der Waals surface area contributed by atoms with Crippen LogP contribution in [0.2, 0.25) is 0 Å². The molecule has 42 heavy (non-hydrogen) atoms. The summed E-state index contributed by atoms with van der Waals surface area (Å²) in [5.41, 5.74) is 17.2. The van der Waals surface area contributed by atoms with Crippen LogP contribution in [0.3, 0.4) is 0 Å². The number of nitrogens with two attached hydrogens (primary N) is 2. The van der Waals surface area contributed by atoms with Gasteiger partial charge >= 0.3 is 0 Å². The first-order chi connectivity index (χ1) is 20.1. The average Bonchev–Trinajstić information content (AvgIpc) is 3.37. The van der Waals surface area contributed by atoms with Gasteiger partial charge in [-0.15, -0.1) is 0 Å². The summed E-state index contributed by atoms with van der Waals surface area (Å²) in [5.74, 6) is 3.38. The zero-order valence-electron chi connectivity index (χ0n) is 25.2. The van der Waals surface area contributed by atoms with Gasteiger partial charge in [0.15, 0.2) is 0 Å². The molecular weight excluding hydrogens is 524 g/mol. The van der Waals surface area contributed by atoms with Gasteiger partial charge in [0.2, 0.25) is 0 Å². The van der Waals surface area contributed by atoms with Crippen molar-refractivity contribution < 1.29 is 5.11 Å². The van der Waals surface area contributed by atoms with Crippen LogP contribution >= 0.6 is 0 Å². The summed E-state index contributed by atoms with van der Waals surface area (Å²) in [4.78, 5) is 19.8. The van der Waals surface area contributed by atoms with Gasteiger partial charge in [-0.25, -0.2) is 15.0 Å². The van der Waals surface area contributed by atoms with E-state index in [1.807, 2.05) is 12.3 Å². The van der Waals surface area contributed by atoms with Crippen LogP contribution in [0.15, 0.2) is 36.8 Å². The zero-order chi connectivity index (χ0) is 29.2. The third-order valence-electron chi connectivity index (χ3n) is 10.3. The van der Waals surface area contributed by atoms with Crippen molar-refractivity contribution in [3.05, 3.63) is 48.2 Å². The standard InChI is InChI=1S/C33H46N8O/c1-33(2,3)22-7-8-25-26(15-22)39-28(38-25)9-6-20-12-23(13-20)40(16-19-4-5-19)17-21-14-27(30(42)29(21)34)41-11-10-24-31(35)36-18-37-32(24)41/h7-8,10-11,15,18-21,23,27,29-30,42H,4-6,9,12-14,16-17,34H2,1-3H3,(H,38,39)(H2,35,36,37)/t20?,21-,23?,27-,29-,30+/m1/s1. The lowest BCUT2D eigenvalue weighted by Gasteiger charge is -2.44. The largest absolute Gasteiger partial charge is 0.389 e. The summed E-state index contributed by atoms with van der Waals surface area (Å²) in [5, 5.41) is 12.1. The first kappa shape index (κ1) is 27.8. The van der Waals surface area contributed by atoms with Gasteiger partial charge in [-0.1, -0.05) is 26.8 Å². The van der Waals surface area contributed by atoms with Crippen LogP contribution < -0.4 is 11.5 Å². The predicted molar refractivity (Wildman–Crippen MR) is 167 cm³/mol. The number of fused-ring (bicyclic) bond motifs is 2. The van der Waals surface area contributed by atoms with Gasteiger partial charge in [-0.2, -0.15) is 0 Å². The molecule has 0 aliphatic heterocycles. The van der Waals surface area contributed by atoms with Crippen LogP contribution in [0.5, 0.6) is 0 Å². The normalized spacial score (nSPS) is 28.2. The maximum Gasteiger partial charge on any atom is 0.145 e. The van der Waals surface area contributed by atoms with Gasteiger partial charge in [-0.05, 0) is 85.5 Å². The van der Waals surface area contributed by atoms with Crippen molar-refractivity contribution in [2.75, 3.05) is 18.8 Å². The molecular formula is C33H46N8O. The maximum absolute atomic E-state index is 11.2. The summed E-state index contributed by atoms with van der Waals surface area (Å²) >= 11 is 0. The highest BCUT2D eigenvalue weighted by Gasteiger charge is 2.44. The number of H-pyrrole nitrogens is 1. The van der Waals surface area contributed by atoms with Gasteiger partial charge in [0, 0.05) is 37.8 Å². The number of aliphatic hydroxyl groups is 1. The van der Waals surface area contributed by atoms with Gasteiger partial charge in [0.1, 0.15) is 23.6 Å². The number of imidazole rings is 1. The highest BCUT2D eigenvalue weighted by Crippen LogP contribution is 2.42. The number of nitrogens with zero attached hydrogens (tertiary/aromatic N) is 5. The van der Waals surface area contributed by atoms with E-state index < -0.39 is 6.10 Å². The average molecular weight is 571 g/mol. The van der Waals surface area contributed by atoms with Crippen molar-refractivity contribution >= 4 is 27.9 Å². The minimum Gasteiger partial charge on any atom is -0.389 e. The van der Waals surface area contributed by atoms with Crippen molar-refractivity contribution in [3.63, 3.8) is 0 Å². The molecule has 4 aromatic rings. The number of benzene rings is 1. The van der Waals surface area contributed by atoms with Crippen LogP contribution in [-0.4, -0.2) is 65.8 Å². The summed E-state index contributed by atoms with van der Waals surface area (Å²) < 4.78 is 2.06. The molecule has 0 amide bonds. The number of hydrogen-bond acceptors (Lipinski definition) is 7. The van der Waals surface area contributed by atoms with E-state index in [0.717, 1.165) is 65.7 Å². The number of aromatic amines is 1. The quantitative estimate of drug-likeness (QED) is 0.232. The fourth-order valence-electron chi connectivity index (χ4n) is 7.40. The summed E-state index contributed by atoms with van der Waals surface area (Å²) in [6.07, 6.45) is 11.0. The zero-order valence-corrected chi connectivity index (χ0v) is 25.2. The predicted octanol–water partition coefficient (Wildman–Crippen LogP) is 4.56. The molecule has 9 heteroatoms. The molecule has 3 fully saturated rings. The first-order valence-electron chi connectivity index (χ1n) is 15.9. The fourth-order valence-corrected chi connectivity index (χ4v) is 7.40. The topological polar surface area (TPSA) is 135 Å². The lowest BCUT2D eigenvalue weighted by Crippen LogP contribution is -2.50. The van der Waals surface area contributed by atoms with Crippen LogP contribution in [0, 0.1) is 17.8 Å². The number of nitrogens with one attached hydrogen (secondary N) is 1. The summed E-state index contributed by atoms with van der Waals surface area (Å²) in [6.45, 7) is 8.88. The summed E-state index contributed by atoms with van der Waals surface area (Å²) in [7, 11) is 0. The molecule has 0 saturated heterocycles. The van der Waals surface area contributed by atoms with Crippen molar-refractivity contribution in [1.82, 2.24) is 29.4 Å². The Morgan fingerprint density at radius 2 is 1.88 bits per heavy atom. The molecule has 3 aliphatic carbocycles. The lowest BCUT2D eigenvalue weighted by molar-refractivity contribution is 0.0512. The Labute approximate surface area is 248 Å². The molecule has 6 N–H and O–H groups in total. The Hall–Kier alpha value is -3.01. The number of aromatic nitrogens is 5. The molecule has 0 radical (unpaired) electrons. The number of nitrogen functional groups attached to an aromatic ring is 1. The van der Waals surface area contributed by atoms with Crippen molar-refractivity contribution in [3.8, 4) is 0 Å². The first-order valence-corrected chi connectivity index (χ1v) is 15.9. The number of rotatable bonds is 9. The Balaban J connectivity index is 0.971. The van der Waals surface area contributed by atoms with Crippen molar-refractivity contribution in [1.29, 1.82) is 0 Å². The van der Waals surface area contributed by atoms with Gasteiger partial charge < -0.3 is 26.1 Å². The minimum absolute atomic E-state index is 0.1000. The molecule has 0 unspecified atom stereocenters. The molecule has 3 aliphatic rings. The van der Waals surface area contributed by atoms with E-state index >= 15 is 0 Å².